The second-order valence-electron chi connectivity index (χ2n) is 9.42. The molecule has 3 heterocycles. The zero-order valence-corrected chi connectivity index (χ0v) is 21.5. The Morgan fingerprint density at radius 3 is 2.38 bits per heavy atom. The molecule has 2 aliphatic heterocycles. The highest BCUT2D eigenvalue weighted by molar-refractivity contribution is 7.89. The van der Waals surface area contributed by atoms with E-state index >= 15 is 0 Å². The number of sulfonamides is 1. The van der Waals surface area contributed by atoms with E-state index in [1.165, 1.54) is 28.0 Å². The predicted molar refractivity (Wildman–Crippen MR) is 130 cm³/mol. The lowest BCUT2D eigenvalue weighted by atomic mass is 9.73. The standard InChI is InChI=1S/C24H24F4N4O3S2/c1-35-20-7-6-18(13-19(20)24(26,27)28)37(33,34)32-10-8-23(9-11-32)14-31(15-23)22-29-21(30-36-22)12-16-2-4-17(25)5-3-16/h2-7,13H,8-12,14-15H2,1H3. The number of alkyl halides is 3. The molecule has 37 heavy (non-hydrogen) atoms. The van der Waals surface area contributed by atoms with Crippen molar-refractivity contribution in [2.75, 3.05) is 38.2 Å². The van der Waals surface area contributed by atoms with Gasteiger partial charge < -0.3 is 9.64 Å². The van der Waals surface area contributed by atoms with E-state index in [0.717, 1.165) is 29.9 Å². The summed E-state index contributed by atoms with van der Waals surface area (Å²) < 4.78 is 89.9. The molecule has 0 N–H and O–H groups in total. The molecule has 0 saturated carbocycles. The molecule has 1 spiro atoms. The van der Waals surface area contributed by atoms with Crippen LogP contribution in [-0.2, 0) is 22.6 Å². The van der Waals surface area contributed by atoms with Gasteiger partial charge in [0.2, 0.25) is 15.2 Å². The van der Waals surface area contributed by atoms with Crippen LogP contribution < -0.4 is 9.64 Å². The van der Waals surface area contributed by atoms with Gasteiger partial charge in [-0.15, -0.1) is 0 Å². The molecule has 3 aromatic rings. The summed E-state index contributed by atoms with van der Waals surface area (Å²) >= 11 is 1.29. The minimum absolute atomic E-state index is 0.0636. The van der Waals surface area contributed by atoms with Gasteiger partial charge >= 0.3 is 6.18 Å². The molecule has 5 rings (SSSR count). The van der Waals surface area contributed by atoms with E-state index in [0.29, 0.717) is 44.2 Å². The van der Waals surface area contributed by atoms with Crippen LogP contribution in [0.5, 0.6) is 5.75 Å². The van der Waals surface area contributed by atoms with Crippen molar-refractivity contribution in [3.63, 3.8) is 0 Å². The number of rotatable bonds is 6. The summed E-state index contributed by atoms with van der Waals surface area (Å²) in [6.45, 7) is 1.89. The fourth-order valence-electron chi connectivity index (χ4n) is 4.86. The fourth-order valence-corrected chi connectivity index (χ4v) is 7.02. The van der Waals surface area contributed by atoms with E-state index < -0.39 is 32.4 Å². The average molecular weight is 557 g/mol. The highest BCUT2D eigenvalue weighted by Crippen LogP contribution is 2.44. The third-order valence-corrected chi connectivity index (χ3v) is 9.66. The highest BCUT2D eigenvalue weighted by atomic mass is 32.2. The molecule has 0 amide bonds. The zero-order chi connectivity index (χ0) is 26.4. The second kappa shape index (κ2) is 9.52. The van der Waals surface area contributed by atoms with Crippen LogP contribution in [0.3, 0.4) is 0 Å². The van der Waals surface area contributed by atoms with Crippen LogP contribution in [0.15, 0.2) is 47.4 Å². The maximum atomic E-state index is 13.4. The lowest BCUT2D eigenvalue weighted by molar-refractivity contribution is -0.138. The second-order valence-corrected chi connectivity index (χ2v) is 12.1. The van der Waals surface area contributed by atoms with Crippen LogP contribution in [0, 0.1) is 11.2 Å². The topological polar surface area (TPSA) is 75.6 Å². The van der Waals surface area contributed by atoms with Crippen LogP contribution >= 0.6 is 11.5 Å². The number of methoxy groups -OCH3 is 1. The van der Waals surface area contributed by atoms with Crippen molar-refractivity contribution >= 4 is 26.7 Å². The van der Waals surface area contributed by atoms with Gasteiger partial charge in [-0.05, 0) is 48.7 Å². The molecule has 2 aromatic carbocycles. The van der Waals surface area contributed by atoms with Gasteiger partial charge in [-0.2, -0.15) is 21.9 Å². The van der Waals surface area contributed by atoms with Crippen molar-refractivity contribution in [2.45, 2.75) is 30.3 Å². The third-order valence-electron chi connectivity index (χ3n) is 6.95. The van der Waals surface area contributed by atoms with Gasteiger partial charge in [0, 0.05) is 49.5 Å². The molecule has 198 valence electrons. The summed E-state index contributed by atoms with van der Waals surface area (Å²) in [6, 6.07) is 9.03. The molecule has 0 aliphatic carbocycles. The van der Waals surface area contributed by atoms with Crippen molar-refractivity contribution in [2.24, 2.45) is 5.41 Å². The van der Waals surface area contributed by atoms with Crippen molar-refractivity contribution < 1.29 is 30.7 Å². The van der Waals surface area contributed by atoms with Crippen LogP contribution in [0.25, 0.3) is 0 Å². The number of nitrogens with zero attached hydrogens (tertiary/aromatic N) is 4. The minimum atomic E-state index is -4.73. The molecule has 13 heteroatoms. The largest absolute Gasteiger partial charge is 0.496 e. The third kappa shape index (κ3) is 5.16. The summed E-state index contributed by atoms with van der Waals surface area (Å²) in [4.78, 5) is 6.31. The van der Waals surface area contributed by atoms with E-state index in [9.17, 15) is 26.0 Å². The highest BCUT2D eigenvalue weighted by Gasteiger charge is 2.48. The van der Waals surface area contributed by atoms with Gasteiger partial charge in [-0.25, -0.2) is 17.8 Å². The predicted octanol–water partition coefficient (Wildman–Crippen LogP) is 4.59. The van der Waals surface area contributed by atoms with Gasteiger partial charge in [0.15, 0.2) is 0 Å². The molecular formula is C24H24F4N4O3S2. The Labute approximate surface area is 215 Å². The smallest absolute Gasteiger partial charge is 0.420 e. The Balaban J connectivity index is 1.20. The molecule has 2 aliphatic rings. The number of hydrogen-bond donors (Lipinski definition) is 0. The van der Waals surface area contributed by atoms with Crippen molar-refractivity contribution in [3.8, 4) is 5.75 Å². The number of piperidine rings is 1. The first-order chi connectivity index (χ1) is 17.5. The maximum absolute atomic E-state index is 13.4. The maximum Gasteiger partial charge on any atom is 0.420 e. The number of halogens is 4. The summed E-state index contributed by atoms with van der Waals surface area (Å²) in [6.07, 6.45) is -3.02. The van der Waals surface area contributed by atoms with Crippen molar-refractivity contribution in [1.29, 1.82) is 0 Å². The molecular weight excluding hydrogens is 532 g/mol. The van der Waals surface area contributed by atoms with Crippen molar-refractivity contribution in [3.05, 3.63) is 65.2 Å². The average Bonchev–Trinajstić information content (AvgIpc) is 3.31. The van der Waals surface area contributed by atoms with Gasteiger partial charge in [-0.3, -0.25) is 0 Å². The van der Waals surface area contributed by atoms with Gasteiger partial charge in [0.1, 0.15) is 17.4 Å². The van der Waals surface area contributed by atoms with Gasteiger partial charge in [0.05, 0.1) is 17.6 Å². The summed E-state index contributed by atoms with van der Waals surface area (Å²) in [5.74, 6) is -0.0576. The van der Waals surface area contributed by atoms with E-state index in [1.54, 1.807) is 12.1 Å². The Kier molecular flexibility index (Phi) is 6.65. The number of ether oxygens (including phenoxy) is 1. The summed E-state index contributed by atoms with van der Waals surface area (Å²) in [5.41, 5.74) is -0.264. The number of hydrogen-bond acceptors (Lipinski definition) is 7. The first kappa shape index (κ1) is 25.9. The van der Waals surface area contributed by atoms with Crippen LogP contribution in [0.1, 0.15) is 29.8 Å². The number of benzene rings is 2. The molecule has 0 radical (unpaired) electrons. The SMILES string of the molecule is COc1ccc(S(=O)(=O)N2CCC3(CC2)CN(c2nc(Cc4ccc(F)cc4)ns2)C3)cc1C(F)(F)F. The quantitative estimate of drug-likeness (QED) is 0.414. The molecule has 2 fully saturated rings. The van der Waals surface area contributed by atoms with Crippen LogP contribution in [-0.4, -0.2) is 55.4 Å². The Bertz CT molecular complexity index is 1380. The van der Waals surface area contributed by atoms with E-state index in [4.69, 9.17) is 4.74 Å². The summed E-state index contributed by atoms with van der Waals surface area (Å²) in [5, 5.41) is 0.788. The lowest BCUT2D eigenvalue weighted by Crippen LogP contribution is -2.61. The monoisotopic (exact) mass is 556 g/mol. The van der Waals surface area contributed by atoms with Gasteiger partial charge in [0.25, 0.3) is 0 Å². The molecule has 0 atom stereocenters. The molecule has 0 bridgehead atoms. The zero-order valence-electron chi connectivity index (χ0n) is 19.8. The Hall–Kier alpha value is -2.77. The normalized spacial score (nSPS) is 18.1. The minimum Gasteiger partial charge on any atom is -0.496 e. The van der Waals surface area contributed by atoms with Crippen LogP contribution in [0.2, 0.25) is 0 Å². The van der Waals surface area contributed by atoms with E-state index in [-0.39, 0.29) is 24.3 Å². The van der Waals surface area contributed by atoms with E-state index in [1.807, 2.05) is 0 Å². The number of aromatic nitrogens is 2. The Morgan fingerprint density at radius 1 is 1.08 bits per heavy atom. The molecule has 7 nitrogen and oxygen atoms in total. The molecule has 0 unspecified atom stereocenters. The van der Waals surface area contributed by atoms with Crippen LogP contribution in [0.4, 0.5) is 22.7 Å². The lowest BCUT2D eigenvalue weighted by Gasteiger charge is -2.53. The van der Waals surface area contributed by atoms with Crippen molar-refractivity contribution in [1.82, 2.24) is 13.7 Å². The fraction of sp³-hybridized carbons (Fsp3) is 0.417. The molecule has 2 saturated heterocycles. The van der Waals surface area contributed by atoms with E-state index in [2.05, 4.69) is 14.3 Å². The molecule has 1 aromatic heterocycles. The Morgan fingerprint density at radius 2 is 1.76 bits per heavy atom. The first-order valence-electron chi connectivity index (χ1n) is 11.6. The first-order valence-corrected chi connectivity index (χ1v) is 13.8. The van der Waals surface area contributed by atoms with Gasteiger partial charge in [-0.1, -0.05) is 12.1 Å². The summed E-state index contributed by atoms with van der Waals surface area (Å²) in [7, 11) is -2.97. The number of anilines is 1.